The van der Waals surface area contributed by atoms with E-state index in [9.17, 15) is 20.4 Å². The molecule has 4 N–H and O–H groups in total. The van der Waals surface area contributed by atoms with Gasteiger partial charge in [-0.15, -0.1) is 0 Å². The van der Waals surface area contributed by atoms with Gasteiger partial charge in [0.05, 0.1) is 25.9 Å². The molecule has 0 aliphatic heterocycles. The zero-order valence-corrected chi connectivity index (χ0v) is 12.4. The van der Waals surface area contributed by atoms with Crippen molar-refractivity contribution in [2.45, 2.75) is 64.8 Å². The molecule has 0 aromatic rings. The minimum atomic E-state index is -1.71. The smallest absolute Gasteiger partial charge is 0.164 e. The van der Waals surface area contributed by atoms with E-state index in [2.05, 4.69) is 0 Å². The molecule has 0 aliphatic carbocycles. The van der Waals surface area contributed by atoms with Gasteiger partial charge in [-0.2, -0.15) is 0 Å². The third kappa shape index (κ3) is 6.68. The van der Waals surface area contributed by atoms with Crippen LogP contribution in [0, 0.1) is 5.41 Å². The van der Waals surface area contributed by atoms with E-state index in [1.807, 2.05) is 20.8 Å². The van der Waals surface area contributed by atoms with E-state index in [0.29, 0.717) is 25.7 Å². The molecule has 19 heavy (non-hydrogen) atoms. The van der Waals surface area contributed by atoms with Gasteiger partial charge in [0.2, 0.25) is 0 Å². The number of hydrogen-bond donors (Lipinski definition) is 4. The van der Waals surface area contributed by atoms with Crippen molar-refractivity contribution >= 4 is 0 Å². The van der Waals surface area contributed by atoms with E-state index >= 15 is 0 Å². The van der Waals surface area contributed by atoms with Crippen molar-refractivity contribution in [3.05, 3.63) is 0 Å². The largest absolute Gasteiger partial charge is 0.396 e. The van der Waals surface area contributed by atoms with Crippen LogP contribution >= 0.6 is 0 Å². The van der Waals surface area contributed by atoms with E-state index in [4.69, 9.17) is 4.74 Å². The molecule has 1 atom stereocenters. The molecule has 0 aromatic carbocycles. The summed E-state index contributed by atoms with van der Waals surface area (Å²) in [4.78, 5) is 0. The molecular weight excluding hydrogens is 248 g/mol. The van der Waals surface area contributed by atoms with Crippen molar-refractivity contribution in [2.75, 3.05) is 19.8 Å². The third-order valence-corrected chi connectivity index (χ3v) is 3.71. The normalized spacial score (nSPS) is 14.7. The summed E-state index contributed by atoms with van der Waals surface area (Å²) in [5.74, 6) is -1.71. The molecular formula is C14H30O5. The maximum atomic E-state index is 9.79. The highest BCUT2D eigenvalue weighted by atomic mass is 16.5. The molecule has 0 saturated carbocycles. The summed E-state index contributed by atoms with van der Waals surface area (Å²) in [6, 6.07) is 0. The van der Waals surface area contributed by atoms with Crippen LogP contribution in [-0.2, 0) is 4.74 Å². The molecule has 0 fully saturated rings. The molecule has 5 heteroatoms. The fraction of sp³-hybridized carbons (Fsp3) is 1.00. The summed E-state index contributed by atoms with van der Waals surface area (Å²) in [6.07, 6.45) is 2.12. The highest BCUT2D eigenvalue weighted by Gasteiger charge is 2.31. The Morgan fingerprint density at radius 2 is 1.63 bits per heavy atom. The second-order valence-corrected chi connectivity index (χ2v) is 5.45. The van der Waals surface area contributed by atoms with Crippen molar-refractivity contribution in [2.24, 2.45) is 5.41 Å². The van der Waals surface area contributed by atoms with Crippen molar-refractivity contribution in [3.63, 3.8) is 0 Å². The van der Waals surface area contributed by atoms with Crippen molar-refractivity contribution in [1.82, 2.24) is 0 Å². The van der Waals surface area contributed by atoms with Gasteiger partial charge in [0.25, 0.3) is 0 Å². The Hall–Kier alpha value is -0.200. The second kappa shape index (κ2) is 8.87. The van der Waals surface area contributed by atoms with Crippen LogP contribution < -0.4 is 0 Å². The van der Waals surface area contributed by atoms with E-state index in [-0.39, 0.29) is 32.3 Å². The van der Waals surface area contributed by atoms with E-state index in [0.717, 1.165) is 0 Å². The Labute approximate surface area is 116 Å². The Balaban J connectivity index is 4.41. The van der Waals surface area contributed by atoms with Gasteiger partial charge < -0.3 is 25.2 Å². The first-order valence-electron chi connectivity index (χ1n) is 7.16. The van der Waals surface area contributed by atoms with E-state index in [1.54, 1.807) is 0 Å². The quantitative estimate of drug-likeness (QED) is 0.424. The van der Waals surface area contributed by atoms with Gasteiger partial charge >= 0.3 is 0 Å². The lowest BCUT2D eigenvalue weighted by Crippen LogP contribution is -2.39. The van der Waals surface area contributed by atoms with E-state index in [1.165, 1.54) is 0 Å². The molecule has 0 aromatic heterocycles. The van der Waals surface area contributed by atoms with Crippen LogP contribution in [0.2, 0.25) is 0 Å². The number of aliphatic hydroxyl groups excluding tert-OH is 2. The number of ether oxygens (including phenoxy) is 1. The molecule has 0 aliphatic rings. The zero-order valence-electron chi connectivity index (χ0n) is 12.4. The maximum Gasteiger partial charge on any atom is 0.164 e. The molecule has 0 amide bonds. The van der Waals surface area contributed by atoms with Gasteiger partial charge in [0.15, 0.2) is 5.79 Å². The Kier molecular flexibility index (Phi) is 8.78. The fourth-order valence-corrected chi connectivity index (χ4v) is 1.95. The van der Waals surface area contributed by atoms with Crippen LogP contribution in [-0.4, -0.2) is 52.1 Å². The lowest BCUT2D eigenvalue weighted by atomic mass is 9.88. The molecule has 116 valence electrons. The van der Waals surface area contributed by atoms with Crippen molar-refractivity contribution in [1.29, 1.82) is 0 Å². The molecule has 0 radical (unpaired) electrons. The number of aliphatic hydroxyl groups is 4. The lowest BCUT2D eigenvalue weighted by Gasteiger charge is -2.32. The average molecular weight is 278 g/mol. The van der Waals surface area contributed by atoms with Gasteiger partial charge in [-0.05, 0) is 12.8 Å². The summed E-state index contributed by atoms with van der Waals surface area (Å²) in [5.41, 5.74) is -0.647. The van der Waals surface area contributed by atoms with E-state index < -0.39 is 11.2 Å². The van der Waals surface area contributed by atoms with Gasteiger partial charge in [-0.3, -0.25) is 0 Å². The van der Waals surface area contributed by atoms with Gasteiger partial charge in [-0.25, -0.2) is 0 Å². The predicted molar refractivity (Wildman–Crippen MR) is 73.6 cm³/mol. The Bertz CT molecular complexity index is 218. The summed E-state index contributed by atoms with van der Waals surface area (Å²) in [6.45, 7) is 5.62. The number of hydrogen-bond acceptors (Lipinski definition) is 5. The lowest BCUT2D eigenvalue weighted by molar-refractivity contribution is -0.194. The predicted octanol–water partition coefficient (Wildman–Crippen LogP) is 1.03. The second-order valence-electron chi connectivity index (χ2n) is 5.45. The molecule has 0 heterocycles. The topological polar surface area (TPSA) is 90.2 Å². The van der Waals surface area contributed by atoms with Crippen LogP contribution in [0.25, 0.3) is 0 Å². The first kappa shape index (κ1) is 18.8. The molecule has 0 spiro atoms. The van der Waals surface area contributed by atoms with Crippen molar-refractivity contribution in [3.8, 4) is 0 Å². The summed E-state index contributed by atoms with van der Waals surface area (Å²) in [5, 5.41) is 38.3. The molecule has 5 nitrogen and oxygen atoms in total. The van der Waals surface area contributed by atoms with Gasteiger partial charge in [-0.1, -0.05) is 27.2 Å². The molecule has 0 rings (SSSR count). The van der Waals surface area contributed by atoms with Crippen LogP contribution in [0.4, 0.5) is 0 Å². The SMILES string of the molecule is CCCC(O)(O)CC(CC)OCC(CC)(CO)CO. The highest BCUT2D eigenvalue weighted by molar-refractivity contribution is 4.78. The summed E-state index contributed by atoms with van der Waals surface area (Å²) in [7, 11) is 0. The van der Waals surface area contributed by atoms with Gasteiger partial charge in [0.1, 0.15) is 0 Å². The Morgan fingerprint density at radius 3 is 2.00 bits per heavy atom. The fourth-order valence-electron chi connectivity index (χ4n) is 1.95. The Morgan fingerprint density at radius 1 is 1.05 bits per heavy atom. The van der Waals surface area contributed by atoms with Crippen LogP contribution in [0.15, 0.2) is 0 Å². The van der Waals surface area contributed by atoms with Crippen LogP contribution in [0.5, 0.6) is 0 Å². The highest BCUT2D eigenvalue weighted by Crippen LogP contribution is 2.25. The molecule has 0 bridgehead atoms. The number of rotatable bonds is 11. The summed E-state index contributed by atoms with van der Waals surface area (Å²) >= 11 is 0. The monoisotopic (exact) mass is 278 g/mol. The van der Waals surface area contributed by atoms with Gasteiger partial charge in [0, 0.05) is 18.3 Å². The van der Waals surface area contributed by atoms with Crippen LogP contribution in [0.1, 0.15) is 52.9 Å². The zero-order chi connectivity index (χ0) is 14.9. The summed E-state index contributed by atoms with van der Waals surface area (Å²) < 4.78 is 5.67. The first-order valence-corrected chi connectivity index (χ1v) is 7.16. The minimum absolute atomic E-state index is 0.144. The first-order chi connectivity index (χ1) is 8.88. The molecule has 0 saturated heterocycles. The standard InChI is InChI=1S/C14H30O5/c1-4-7-14(17,18)8-12(5-2)19-11-13(6-3,9-15)10-16/h12,15-18H,4-11H2,1-3H3. The minimum Gasteiger partial charge on any atom is -0.396 e. The average Bonchev–Trinajstić information content (AvgIpc) is 2.39. The van der Waals surface area contributed by atoms with Crippen molar-refractivity contribution < 1.29 is 25.2 Å². The maximum absolute atomic E-state index is 9.79. The molecule has 1 unspecified atom stereocenters. The third-order valence-electron chi connectivity index (χ3n) is 3.71. The van der Waals surface area contributed by atoms with Crippen LogP contribution in [0.3, 0.4) is 0 Å².